The van der Waals surface area contributed by atoms with Crippen LogP contribution in [-0.2, 0) is 44.9 Å². The summed E-state index contributed by atoms with van der Waals surface area (Å²) in [6.45, 7) is 5.43. The van der Waals surface area contributed by atoms with E-state index in [1.165, 1.54) is 9.80 Å². The minimum absolute atomic E-state index is 0.164. The molecule has 2 atom stereocenters. The number of carboxylic acid groups (broad SMARTS) is 1. The topological polar surface area (TPSA) is 107 Å². The Bertz CT molecular complexity index is 1600. The van der Waals surface area contributed by atoms with Gasteiger partial charge in [-0.25, -0.2) is 4.79 Å². The lowest BCUT2D eigenvalue weighted by Crippen LogP contribution is -2.55. The molecule has 3 aromatic carbocycles. The summed E-state index contributed by atoms with van der Waals surface area (Å²) in [5.74, 6) is -1.76. The monoisotopic (exact) mass is 631 g/mol. The lowest BCUT2D eigenvalue weighted by molar-refractivity contribution is -0.145. The van der Waals surface area contributed by atoms with E-state index in [9.17, 15) is 24.3 Å². The van der Waals surface area contributed by atoms with Crippen LogP contribution in [-0.4, -0.2) is 69.6 Å². The average molecular weight is 632 g/mol. The summed E-state index contributed by atoms with van der Waals surface area (Å²) >= 11 is 6.44. The van der Waals surface area contributed by atoms with Crippen LogP contribution in [0, 0.1) is 0 Å². The summed E-state index contributed by atoms with van der Waals surface area (Å²) in [4.78, 5) is 58.2. The van der Waals surface area contributed by atoms with Gasteiger partial charge in [0.05, 0.1) is 18.7 Å². The van der Waals surface area contributed by atoms with E-state index in [1.54, 1.807) is 43.9 Å². The molecule has 0 aromatic heterocycles. The standard InChI is InChI=1S/C35H38ClN3O6/c1-35(2,3)45-34(44)39-29-15-9-7-12-25(29)19-30(39)33(43)37(17-16-23-10-6-8-14-28(23)36)22-31(40)38-21-26-13-5-4-11-24(26)18-27(38)20-32(41)42/h4-15,27,30H,16-22H2,1-3H3,(H,41,42)/t27?,30-/m1/s1. The molecule has 0 radical (unpaired) electrons. The number of amides is 3. The van der Waals surface area contributed by atoms with Crippen LogP contribution in [0.2, 0.25) is 5.02 Å². The van der Waals surface area contributed by atoms with Crippen molar-refractivity contribution in [1.29, 1.82) is 0 Å². The molecule has 3 amide bonds. The molecule has 0 fully saturated rings. The second-order valence-corrected chi connectivity index (χ2v) is 13.0. The van der Waals surface area contributed by atoms with Crippen molar-refractivity contribution < 1.29 is 29.0 Å². The zero-order valence-corrected chi connectivity index (χ0v) is 26.5. The van der Waals surface area contributed by atoms with Crippen LogP contribution >= 0.6 is 11.6 Å². The van der Waals surface area contributed by atoms with Gasteiger partial charge in [0.25, 0.3) is 0 Å². The van der Waals surface area contributed by atoms with Gasteiger partial charge in [-0.05, 0) is 68.0 Å². The predicted octanol–water partition coefficient (Wildman–Crippen LogP) is 5.51. The van der Waals surface area contributed by atoms with E-state index in [-0.39, 0.29) is 38.4 Å². The highest BCUT2D eigenvalue weighted by Crippen LogP contribution is 2.35. The Morgan fingerprint density at radius 1 is 0.911 bits per heavy atom. The number of carbonyl (C=O) groups excluding carboxylic acids is 3. The van der Waals surface area contributed by atoms with Gasteiger partial charge >= 0.3 is 12.1 Å². The predicted molar refractivity (Wildman–Crippen MR) is 171 cm³/mol. The van der Waals surface area contributed by atoms with Gasteiger partial charge in [0.2, 0.25) is 11.8 Å². The molecule has 0 bridgehead atoms. The van der Waals surface area contributed by atoms with Gasteiger partial charge < -0.3 is 19.6 Å². The van der Waals surface area contributed by atoms with Crippen molar-refractivity contribution in [2.24, 2.45) is 0 Å². The SMILES string of the molecule is CC(C)(C)OC(=O)N1c2ccccc2C[C@@H]1C(=O)N(CCc1ccccc1Cl)CC(=O)N1Cc2ccccc2CC1CC(=O)O. The molecule has 2 heterocycles. The molecule has 9 nitrogen and oxygen atoms in total. The van der Waals surface area contributed by atoms with Gasteiger partial charge in [-0.15, -0.1) is 0 Å². The van der Waals surface area contributed by atoms with E-state index in [4.69, 9.17) is 16.3 Å². The molecule has 1 unspecified atom stereocenters. The number of hydrogen-bond acceptors (Lipinski definition) is 5. The lowest BCUT2D eigenvalue weighted by atomic mass is 9.92. The van der Waals surface area contributed by atoms with Gasteiger partial charge in [-0.3, -0.25) is 19.3 Å². The van der Waals surface area contributed by atoms with Crippen LogP contribution in [0.3, 0.4) is 0 Å². The molecule has 0 spiro atoms. The lowest BCUT2D eigenvalue weighted by Gasteiger charge is -2.38. The molecule has 45 heavy (non-hydrogen) atoms. The number of para-hydroxylation sites is 1. The number of fused-ring (bicyclic) bond motifs is 2. The zero-order chi connectivity index (χ0) is 32.3. The first-order chi connectivity index (χ1) is 21.4. The van der Waals surface area contributed by atoms with E-state index in [0.29, 0.717) is 23.6 Å². The maximum atomic E-state index is 14.5. The first-order valence-corrected chi connectivity index (χ1v) is 15.5. The number of benzene rings is 3. The summed E-state index contributed by atoms with van der Waals surface area (Å²) in [5.41, 5.74) is 3.41. The molecule has 3 aromatic rings. The van der Waals surface area contributed by atoms with Crippen molar-refractivity contribution in [3.63, 3.8) is 0 Å². The molecule has 236 valence electrons. The van der Waals surface area contributed by atoms with Crippen LogP contribution < -0.4 is 4.90 Å². The maximum absolute atomic E-state index is 14.5. The zero-order valence-electron chi connectivity index (χ0n) is 25.7. The van der Waals surface area contributed by atoms with Crippen molar-refractivity contribution in [1.82, 2.24) is 9.80 Å². The van der Waals surface area contributed by atoms with Crippen LogP contribution in [0.4, 0.5) is 10.5 Å². The molecule has 2 aliphatic heterocycles. The summed E-state index contributed by atoms with van der Waals surface area (Å²) in [7, 11) is 0. The number of nitrogens with zero attached hydrogens (tertiary/aromatic N) is 3. The number of carbonyl (C=O) groups is 4. The molecule has 1 N–H and O–H groups in total. The summed E-state index contributed by atoms with van der Waals surface area (Å²) in [6, 6.07) is 20.8. The van der Waals surface area contributed by atoms with E-state index >= 15 is 0 Å². The second-order valence-electron chi connectivity index (χ2n) is 12.5. The number of anilines is 1. The van der Waals surface area contributed by atoms with E-state index < -0.39 is 35.7 Å². The molecule has 0 aliphatic carbocycles. The maximum Gasteiger partial charge on any atom is 0.415 e. The molecule has 5 rings (SSSR count). The molecular weight excluding hydrogens is 594 g/mol. The third kappa shape index (κ3) is 7.48. The molecule has 0 saturated heterocycles. The number of ether oxygens (including phenoxy) is 1. The minimum Gasteiger partial charge on any atom is -0.481 e. The van der Waals surface area contributed by atoms with Gasteiger partial charge in [0, 0.05) is 30.6 Å². The van der Waals surface area contributed by atoms with Gasteiger partial charge in [-0.1, -0.05) is 72.3 Å². The normalized spacial score (nSPS) is 17.3. The van der Waals surface area contributed by atoms with Crippen molar-refractivity contribution in [2.45, 2.75) is 70.7 Å². The highest BCUT2D eigenvalue weighted by molar-refractivity contribution is 6.31. The van der Waals surface area contributed by atoms with Crippen LogP contribution in [0.15, 0.2) is 72.8 Å². The molecule has 0 saturated carbocycles. The molecule has 10 heteroatoms. The van der Waals surface area contributed by atoms with E-state index in [0.717, 1.165) is 22.3 Å². The summed E-state index contributed by atoms with van der Waals surface area (Å²) in [6.07, 6.45) is 0.206. The van der Waals surface area contributed by atoms with Crippen LogP contribution in [0.5, 0.6) is 0 Å². The van der Waals surface area contributed by atoms with Gasteiger partial charge in [0.15, 0.2) is 0 Å². The fraction of sp³-hybridized carbons (Fsp3) is 0.371. The summed E-state index contributed by atoms with van der Waals surface area (Å²) < 4.78 is 5.71. The Balaban J connectivity index is 1.45. The second kappa shape index (κ2) is 13.3. The van der Waals surface area contributed by atoms with Crippen LogP contribution in [0.25, 0.3) is 0 Å². The Morgan fingerprint density at radius 3 is 2.24 bits per heavy atom. The number of hydrogen-bond donors (Lipinski definition) is 1. The molecular formula is C35H38ClN3O6. The van der Waals surface area contributed by atoms with Crippen molar-refractivity contribution in [2.75, 3.05) is 18.0 Å². The number of rotatable bonds is 8. The third-order valence-electron chi connectivity index (χ3n) is 8.18. The highest BCUT2D eigenvalue weighted by Gasteiger charge is 2.43. The first kappa shape index (κ1) is 32.0. The van der Waals surface area contributed by atoms with E-state index in [1.807, 2.05) is 54.6 Å². The smallest absolute Gasteiger partial charge is 0.415 e. The number of carboxylic acids is 1. The number of aliphatic carboxylic acids is 1. The van der Waals surface area contributed by atoms with Gasteiger partial charge in [-0.2, -0.15) is 0 Å². The molecule has 2 aliphatic rings. The largest absolute Gasteiger partial charge is 0.481 e. The number of halogens is 1. The fourth-order valence-corrected chi connectivity index (χ4v) is 6.30. The third-order valence-corrected chi connectivity index (χ3v) is 8.55. The Hall–Kier alpha value is -4.37. The average Bonchev–Trinajstić information content (AvgIpc) is 3.38. The van der Waals surface area contributed by atoms with Crippen molar-refractivity contribution >= 4 is 41.2 Å². The Labute approximate surface area is 268 Å². The summed E-state index contributed by atoms with van der Waals surface area (Å²) in [5, 5.41) is 10.2. The fourth-order valence-electron chi connectivity index (χ4n) is 6.07. The first-order valence-electron chi connectivity index (χ1n) is 15.1. The highest BCUT2D eigenvalue weighted by atomic mass is 35.5. The van der Waals surface area contributed by atoms with Crippen molar-refractivity contribution in [3.8, 4) is 0 Å². The minimum atomic E-state index is -0.999. The quantitative estimate of drug-likeness (QED) is 0.352. The van der Waals surface area contributed by atoms with Crippen LogP contribution in [0.1, 0.15) is 49.4 Å². The Kier molecular flexibility index (Phi) is 9.48. The van der Waals surface area contributed by atoms with Crippen molar-refractivity contribution in [3.05, 3.63) is 100 Å². The Morgan fingerprint density at radius 2 is 1.56 bits per heavy atom. The van der Waals surface area contributed by atoms with Gasteiger partial charge in [0.1, 0.15) is 11.6 Å². The van der Waals surface area contributed by atoms with E-state index in [2.05, 4.69) is 0 Å².